The molecule has 1 aromatic rings. The molecular formula is C19H27N3O6. The molecule has 1 aliphatic carbocycles. The highest BCUT2D eigenvalue weighted by Gasteiger charge is 2.38. The van der Waals surface area contributed by atoms with Gasteiger partial charge in [0.15, 0.2) is 0 Å². The van der Waals surface area contributed by atoms with E-state index in [4.69, 9.17) is 5.73 Å². The second kappa shape index (κ2) is 9.01. The summed E-state index contributed by atoms with van der Waals surface area (Å²) in [5, 5.41) is 19.0. The van der Waals surface area contributed by atoms with Crippen LogP contribution in [0.4, 0.5) is 0 Å². The SMILES string of the molecule is C=C1CC(C)CC1C(C)(N)c1cccc(CCC(CO[N+](=O)[O-])O[N+](=O)[O-])c1. The number of nitrogens with zero attached hydrogens (tertiary/aromatic N) is 2. The van der Waals surface area contributed by atoms with Crippen LogP contribution in [0.3, 0.4) is 0 Å². The standard InChI is InChI=1S/C19H27N3O6/c1-13-9-14(2)18(10-13)19(3,20)16-6-4-5-15(11-16)7-8-17(28-22(25)26)12-27-21(23)24/h4-6,11,13,17-18H,2,7-10,12,20H2,1,3H3. The molecule has 9 heteroatoms. The number of nitrogens with two attached hydrogens (primary N) is 1. The van der Waals surface area contributed by atoms with Gasteiger partial charge in [0.25, 0.3) is 10.2 Å². The fourth-order valence-corrected chi connectivity index (χ4v) is 3.93. The van der Waals surface area contributed by atoms with E-state index in [0.29, 0.717) is 12.3 Å². The first kappa shape index (κ1) is 21.6. The van der Waals surface area contributed by atoms with Gasteiger partial charge in [-0.1, -0.05) is 43.3 Å². The lowest BCUT2D eigenvalue weighted by Crippen LogP contribution is -2.40. The Kier molecular flexibility index (Phi) is 6.95. The first-order chi connectivity index (χ1) is 13.1. The van der Waals surface area contributed by atoms with Crippen LogP contribution in [-0.2, 0) is 21.6 Å². The molecule has 0 amide bonds. The minimum atomic E-state index is -1.02. The molecule has 2 rings (SSSR count). The van der Waals surface area contributed by atoms with Gasteiger partial charge in [0.05, 0.1) is 0 Å². The third kappa shape index (κ3) is 5.66. The summed E-state index contributed by atoms with van der Waals surface area (Å²) in [6, 6.07) is 7.74. The Morgan fingerprint density at radius 1 is 1.36 bits per heavy atom. The fraction of sp³-hybridized carbons (Fsp3) is 0.579. The van der Waals surface area contributed by atoms with E-state index in [0.717, 1.165) is 24.0 Å². The van der Waals surface area contributed by atoms with Crippen molar-refractivity contribution in [2.24, 2.45) is 17.6 Å². The summed E-state index contributed by atoms with van der Waals surface area (Å²) in [6.45, 7) is 7.89. The summed E-state index contributed by atoms with van der Waals surface area (Å²) in [4.78, 5) is 29.6. The molecule has 0 aliphatic heterocycles. The molecule has 4 atom stereocenters. The zero-order chi connectivity index (χ0) is 20.9. The van der Waals surface area contributed by atoms with Gasteiger partial charge >= 0.3 is 0 Å². The quantitative estimate of drug-likeness (QED) is 0.367. The minimum absolute atomic E-state index is 0.191. The minimum Gasteiger partial charge on any atom is -0.321 e. The first-order valence-corrected chi connectivity index (χ1v) is 9.24. The summed E-state index contributed by atoms with van der Waals surface area (Å²) in [5.41, 5.74) is 9.19. The molecule has 1 saturated carbocycles. The Labute approximate surface area is 163 Å². The van der Waals surface area contributed by atoms with Crippen molar-refractivity contribution >= 4 is 0 Å². The van der Waals surface area contributed by atoms with Crippen molar-refractivity contribution in [3.8, 4) is 0 Å². The van der Waals surface area contributed by atoms with Gasteiger partial charge in [-0.25, -0.2) is 0 Å². The third-order valence-electron chi connectivity index (χ3n) is 5.37. The maximum atomic E-state index is 10.6. The molecule has 1 aliphatic rings. The van der Waals surface area contributed by atoms with Crippen LogP contribution in [0.25, 0.3) is 0 Å². The third-order valence-corrected chi connectivity index (χ3v) is 5.37. The van der Waals surface area contributed by atoms with Gasteiger partial charge in [-0.3, -0.25) is 0 Å². The van der Waals surface area contributed by atoms with Gasteiger partial charge < -0.3 is 15.4 Å². The lowest BCUT2D eigenvalue weighted by atomic mass is 9.77. The zero-order valence-corrected chi connectivity index (χ0v) is 16.2. The molecular weight excluding hydrogens is 366 g/mol. The average Bonchev–Trinajstić information content (AvgIpc) is 2.96. The second-order valence-corrected chi connectivity index (χ2v) is 7.75. The number of hydrogen-bond acceptors (Lipinski definition) is 7. The van der Waals surface area contributed by atoms with Gasteiger partial charge in [-0.15, -0.1) is 20.2 Å². The highest BCUT2D eigenvalue weighted by atomic mass is 17.0. The van der Waals surface area contributed by atoms with Gasteiger partial charge in [-0.2, -0.15) is 0 Å². The fourth-order valence-electron chi connectivity index (χ4n) is 3.93. The van der Waals surface area contributed by atoms with E-state index in [1.807, 2.05) is 31.2 Å². The maximum absolute atomic E-state index is 10.6. The van der Waals surface area contributed by atoms with E-state index >= 15 is 0 Å². The van der Waals surface area contributed by atoms with Gasteiger partial charge in [0.1, 0.15) is 12.7 Å². The normalized spacial score (nSPS) is 22.3. The Morgan fingerprint density at radius 3 is 2.64 bits per heavy atom. The van der Waals surface area contributed by atoms with Crippen molar-refractivity contribution in [3.63, 3.8) is 0 Å². The smallest absolute Gasteiger partial charge is 0.294 e. The highest BCUT2D eigenvalue weighted by molar-refractivity contribution is 5.33. The molecule has 2 N–H and O–H groups in total. The van der Waals surface area contributed by atoms with Gasteiger partial charge in [-0.05, 0) is 49.7 Å². The Bertz CT molecular complexity index is 736. The highest BCUT2D eigenvalue weighted by Crippen LogP contribution is 2.44. The lowest BCUT2D eigenvalue weighted by Gasteiger charge is -2.33. The molecule has 0 radical (unpaired) electrons. The van der Waals surface area contributed by atoms with Crippen molar-refractivity contribution in [3.05, 3.63) is 67.8 Å². The van der Waals surface area contributed by atoms with E-state index in [9.17, 15) is 20.2 Å². The lowest BCUT2D eigenvalue weighted by molar-refractivity contribution is -0.790. The Morgan fingerprint density at radius 2 is 2.07 bits per heavy atom. The van der Waals surface area contributed by atoms with Crippen molar-refractivity contribution < 1.29 is 19.8 Å². The van der Waals surface area contributed by atoms with E-state index in [2.05, 4.69) is 23.2 Å². The van der Waals surface area contributed by atoms with E-state index in [1.165, 1.54) is 5.57 Å². The van der Waals surface area contributed by atoms with E-state index in [1.54, 1.807) is 0 Å². The van der Waals surface area contributed by atoms with Crippen LogP contribution in [0.15, 0.2) is 36.4 Å². The van der Waals surface area contributed by atoms with Crippen LogP contribution < -0.4 is 5.73 Å². The van der Waals surface area contributed by atoms with Crippen molar-refractivity contribution in [1.29, 1.82) is 0 Å². The van der Waals surface area contributed by atoms with Crippen molar-refractivity contribution in [1.82, 2.24) is 0 Å². The first-order valence-electron chi connectivity index (χ1n) is 9.24. The van der Waals surface area contributed by atoms with Crippen molar-refractivity contribution in [2.75, 3.05) is 6.61 Å². The Balaban J connectivity index is 2.08. The molecule has 0 aromatic heterocycles. The molecule has 1 fully saturated rings. The topological polar surface area (TPSA) is 131 Å². The summed E-state index contributed by atoms with van der Waals surface area (Å²) >= 11 is 0. The van der Waals surface area contributed by atoms with Crippen LogP contribution in [0.2, 0.25) is 0 Å². The van der Waals surface area contributed by atoms with E-state index < -0.39 is 28.4 Å². The predicted octanol–water partition coefficient (Wildman–Crippen LogP) is 3.18. The van der Waals surface area contributed by atoms with Crippen LogP contribution in [0.5, 0.6) is 0 Å². The number of rotatable bonds is 10. The molecule has 1 aromatic carbocycles. The largest absolute Gasteiger partial charge is 0.321 e. The molecule has 28 heavy (non-hydrogen) atoms. The number of hydrogen-bond donors (Lipinski definition) is 1. The molecule has 154 valence electrons. The summed E-state index contributed by atoms with van der Waals surface area (Å²) < 4.78 is 0. The average molecular weight is 393 g/mol. The summed E-state index contributed by atoms with van der Waals surface area (Å²) in [5.74, 6) is 0.752. The van der Waals surface area contributed by atoms with Gasteiger partial charge in [0.2, 0.25) is 0 Å². The predicted molar refractivity (Wildman–Crippen MR) is 102 cm³/mol. The molecule has 9 nitrogen and oxygen atoms in total. The molecule has 0 spiro atoms. The Hall–Kier alpha value is -2.68. The van der Waals surface area contributed by atoms with Crippen LogP contribution in [0, 0.1) is 32.1 Å². The van der Waals surface area contributed by atoms with Gasteiger partial charge in [0, 0.05) is 11.5 Å². The molecule has 4 unspecified atom stereocenters. The van der Waals surface area contributed by atoms with Crippen LogP contribution >= 0.6 is 0 Å². The molecule has 0 heterocycles. The second-order valence-electron chi connectivity index (χ2n) is 7.75. The van der Waals surface area contributed by atoms with Crippen LogP contribution in [0.1, 0.15) is 44.2 Å². The monoisotopic (exact) mass is 393 g/mol. The van der Waals surface area contributed by atoms with Crippen LogP contribution in [-0.4, -0.2) is 22.9 Å². The summed E-state index contributed by atoms with van der Waals surface area (Å²) in [7, 11) is 0. The van der Waals surface area contributed by atoms with E-state index in [-0.39, 0.29) is 12.3 Å². The molecule has 0 bridgehead atoms. The summed E-state index contributed by atoms with van der Waals surface area (Å²) in [6.07, 6.45) is 1.59. The number of benzene rings is 1. The zero-order valence-electron chi connectivity index (χ0n) is 16.2. The molecule has 0 saturated heterocycles. The van der Waals surface area contributed by atoms with Crippen molar-refractivity contribution in [2.45, 2.75) is 51.2 Å². The number of aryl methyl sites for hydroxylation is 1. The maximum Gasteiger partial charge on any atom is 0.294 e.